The molecular weight excluding hydrogens is 532 g/mol. The van der Waals surface area contributed by atoms with Crippen molar-refractivity contribution in [3.8, 4) is 0 Å². The predicted octanol–water partition coefficient (Wildman–Crippen LogP) is 5.08. The second-order valence-electron chi connectivity index (χ2n) is 9.50. The Labute approximate surface area is 235 Å². The van der Waals surface area contributed by atoms with Gasteiger partial charge in [0, 0.05) is 43.7 Å². The number of anilines is 2. The maximum Gasteiger partial charge on any atom is 0.264 e. The lowest BCUT2D eigenvalue weighted by molar-refractivity contribution is 0.0772. The summed E-state index contributed by atoms with van der Waals surface area (Å²) in [7, 11) is -2.29. The number of nitrogens with one attached hydrogen (secondary N) is 1. The SMILES string of the molecule is CCCN1CCc2c(sc(NC(=O)c3ccc(S(=O)(=O)N(C)c4ccccc4)cc3)c2C(=O)N(CC)CC)C1. The van der Waals surface area contributed by atoms with Crippen LogP contribution in [0.4, 0.5) is 10.7 Å². The molecule has 0 saturated carbocycles. The Morgan fingerprint density at radius 2 is 1.67 bits per heavy atom. The predicted molar refractivity (Wildman–Crippen MR) is 157 cm³/mol. The number of hydrogen-bond acceptors (Lipinski definition) is 6. The smallest absolute Gasteiger partial charge is 0.264 e. The van der Waals surface area contributed by atoms with Crippen LogP contribution in [0.15, 0.2) is 59.5 Å². The number of benzene rings is 2. The van der Waals surface area contributed by atoms with Crippen molar-refractivity contribution in [2.75, 3.05) is 42.8 Å². The van der Waals surface area contributed by atoms with Crippen molar-refractivity contribution < 1.29 is 18.0 Å². The van der Waals surface area contributed by atoms with E-state index >= 15 is 0 Å². The highest BCUT2D eigenvalue weighted by Gasteiger charge is 2.30. The van der Waals surface area contributed by atoms with E-state index in [0.29, 0.717) is 34.9 Å². The molecule has 0 aliphatic carbocycles. The van der Waals surface area contributed by atoms with Crippen LogP contribution in [0.25, 0.3) is 0 Å². The van der Waals surface area contributed by atoms with Crippen molar-refractivity contribution in [1.29, 1.82) is 0 Å². The largest absolute Gasteiger partial charge is 0.339 e. The molecule has 4 rings (SSSR count). The Morgan fingerprint density at radius 3 is 2.28 bits per heavy atom. The van der Waals surface area contributed by atoms with Crippen LogP contribution in [0.1, 0.15) is 58.3 Å². The normalized spacial score (nSPS) is 13.5. The number of thiophene rings is 1. The third-order valence-electron chi connectivity index (χ3n) is 7.06. The molecule has 1 aliphatic rings. The van der Waals surface area contributed by atoms with Gasteiger partial charge >= 0.3 is 0 Å². The molecule has 0 fully saturated rings. The second-order valence-corrected chi connectivity index (χ2v) is 12.6. The topological polar surface area (TPSA) is 90.0 Å². The number of carbonyl (C=O) groups is 2. The fourth-order valence-corrected chi connectivity index (χ4v) is 7.31. The molecule has 1 N–H and O–H groups in total. The molecule has 0 unspecified atom stereocenters. The highest BCUT2D eigenvalue weighted by molar-refractivity contribution is 7.92. The van der Waals surface area contributed by atoms with Crippen LogP contribution < -0.4 is 9.62 Å². The molecule has 0 radical (unpaired) electrons. The Balaban J connectivity index is 1.59. The molecule has 2 amide bonds. The quantitative estimate of drug-likeness (QED) is 0.369. The number of amides is 2. The first-order valence-corrected chi connectivity index (χ1v) is 15.6. The van der Waals surface area contributed by atoms with E-state index < -0.39 is 10.0 Å². The van der Waals surface area contributed by atoms with Crippen LogP contribution in [-0.4, -0.2) is 63.3 Å². The minimum Gasteiger partial charge on any atom is -0.339 e. The highest BCUT2D eigenvalue weighted by atomic mass is 32.2. The zero-order chi connectivity index (χ0) is 28.2. The van der Waals surface area contributed by atoms with Crippen molar-refractivity contribution >= 4 is 43.9 Å². The van der Waals surface area contributed by atoms with Gasteiger partial charge in [0.25, 0.3) is 21.8 Å². The van der Waals surface area contributed by atoms with Gasteiger partial charge in [-0.25, -0.2) is 8.42 Å². The Kier molecular flexibility index (Phi) is 9.09. The van der Waals surface area contributed by atoms with Crippen LogP contribution in [0.5, 0.6) is 0 Å². The van der Waals surface area contributed by atoms with Crippen LogP contribution in [0.3, 0.4) is 0 Å². The van der Waals surface area contributed by atoms with Gasteiger partial charge in [-0.05, 0) is 75.2 Å². The van der Waals surface area contributed by atoms with Crippen molar-refractivity contribution in [2.45, 2.75) is 45.1 Å². The van der Waals surface area contributed by atoms with E-state index in [1.165, 1.54) is 47.0 Å². The zero-order valence-corrected chi connectivity index (χ0v) is 24.6. The van der Waals surface area contributed by atoms with Gasteiger partial charge in [0.2, 0.25) is 0 Å². The van der Waals surface area contributed by atoms with Gasteiger partial charge in [-0.15, -0.1) is 11.3 Å². The third kappa shape index (κ3) is 6.03. The van der Waals surface area contributed by atoms with Gasteiger partial charge in [0.1, 0.15) is 5.00 Å². The molecule has 0 saturated heterocycles. The minimum atomic E-state index is -3.79. The second kappa shape index (κ2) is 12.3. The molecule has 1 aliphatic heterocycles. The lowest BCUT2D eigenvalue weighted by Gasteiger charge is -2.27. The molecule has 2 heterocycles. The molecule has 0 spiro atoms. The molecule has 1 aromatic heterocycles. The summed E-state index contributed by atoms with van der Waals surface area (Å²) in [5.74, 6) is -0.449. The number of carbonyl (C=O) groups excluding carboxylic acids is 2. The van der Waals surface area contributed by atoms with Gasteiger partial charge in [-0.2, -0.15) is 0 Å². The summed E-state index contributed by atoms with van der Waals surface area (Å²) in [5, 5.41) is 3.53. The maximum atomic E-state index is 13.5. The first-order valence-electron chi connectivity index (χ1n) is 13.3. The van der Waals surface area contributed by atoms with Crippen LogP contribution in [-0.2, 0) is 23.0 Å². The van der Waals surface area contributed by atoms with Crippen LogP contribution in [0, 0.1) is 0 Å². The van der Waals surface area contributed by atoms with Gasteiger partial charge in [-0.1, -0.05) is 25.1 Å². The maximum absolute atomic E-state index is 13.5. The first kappa shape index (κ1) is 28.8. The molecule has 3 aromatic rings. The molecular formula is C29H36N4O4S2. The van der Waals surface area contributed by atoms with Crippen molar-refractivity contribution in [2.24, 2.45) is 0 Å². The highest BCUT2D eigenvalue weighted by Crippen LogP contribution is 2.38. The van der Waals surface area contributed by atoms with Crippen molar-refractivity contribution in [3.63, 3.8) is 0 Å². The summed E-state index contributed by atoms with van der Waals surface area (Å²) in [5.41, 5.74) is 2.48. The van der Waals surface area contributed by atoms with Gasteiger partial charge in [0.15, 0.2) is 0 Å². The average molecular weight is 569 g/mol. The Bertz CT molecular complexity index is 1420. The minimum absolute atomic E-state index is 0.0675. The fraction of sp³-hybridized carbons (Fsp3) is 0.379. The molecule has 10 heteroatoms. The number of hydrogen-bond donors (Lipinski definition) is 1. The van der Waals surface area contributed by atoms with E-state index in [4.69, 9.17) is 0 Å². The molecule has 0 bridgehead atoms. The number of sulfonamides is 1. The summed E-state index contributed by atoms with van der Waals surface area (Å²) in [6.07, 6.45) is 1.83. The summed E-state index contributed by atoms with van der Waals surface area (Å²) >= 11 is 1.47. The number of nitrogens with zero attached hydrogens (tertiary/aromatic N) is 3. The fourth-order valence-electron chi connectivity index (χ4n) is 4.84. The standard InChI is InChI=1S/C29H36N4O4S2/c1-5-18-32-19-17-24-25(20-32)38-28(26(24)29(35)33(6-2)7-3)30-27(34)21-13-15-23(16-14-21)39(36,37)31(4)22-11-9-8-10-12-22/h8-16H,5-7,17-20H2,1-4H3,(H,30,34). The molecule has 2 aromatic carbocycles. The van der Waals surface area contributed by atoms with E-state index in [0.717, 1.165) is 42.9 Å². The summed E-state index contributed by atoms with van der Waals surface area (Å²) in [4.78, 5) is 32.2. The first-order chi connectivity index (χ1) is 18.7. The monoisotopic (exact) mass is 568 g/mol. The van der Waals surface area contributed by atoms with Crippen molar-refractivity contribution in [3.05, 3.63) is 76.2 Å². The summed E-state index contributed by atoms with van der Waals surface area (Å²) in [6.45, 7) is 9.87. The third-order valence-corrected chi connectivity index (χ3v) is 9.99. The molecule has 0 atom stereocenters. The average Bonchev–Trinajstić information content (AvgIpc) is 3.30. The Hall–Kier alpha value is -3.21. The van der Waals surface area contributed by atoms with Gasteiger partial charge in [-0.3, -0.25) is 18.8 Å². The van der Waals surface area contributed by atoms with E-state index in [1.54, 1.807) is 29.2 Å². The Morgan fingerprint density at radius 1 is 1.00 bits per heavy atom. The van der Waals surface area contributed by atoms with E-state index in [2.05, 4.69) is 17.1 Å². The number of para-hydroxylation sites is 1. The molecule has 8 nitrogen and oxygen atoms in total. The molecule has 39 heavy (non-hydrogen) atoms. The number of fused-ring (bicyclic) bond motifs is 1. The summed E-state index contributed by atoms with van der Waals surface area (Å²) in [6, 6.07) is 14.7. The lowest BCUT2D eigenvalue weighted by Crippen LogP contribution is -2.34. The van der Waals surface area contributed by atoms with Crippen LogP contribution >= 0.6 is 11.3 Å². The van der Waals surface area contributed by atoms with E-state index in [1.807, 2.05) is 19.9 Å². The molecule has 208 valence electrons. The van der Waals surface area contributed by atoms with Crippen molar-refractivity contribution in [1.82, 2.24) is 9.80 Å². The van der Waals surface area contributed by atoms with Gasteiger partial charge in [0.05, 0.1) is 16.1 Å². The van der Waals surface area contributed by atoms with Crippen LogP contribution in [0.2, 0.25) is 0 Å². The van der Waals surface area contributed by atoms with Gasteiger partial charge < -0.3 is 10.2 Å². The number of rotatable bonds is 10. The zero-order valence-electron chi connectivity index (χ0n) is 22.9. The lowest BCUT2D eigenvalue weighted by atomic mass is 10.0. The summed E-state index contributed by atoms with van der Waals surface area (Å²) < 4.78 is 27.4. The van der Waals surface area contributed by atoms with E-state index in [9.17, 15) is 18.0 Å². The van der Waals surface area contributed by atoms with E-state index in [-0.39, 0.29) is 16.7 Å².